The van der Waals surface area contributed by atoms with Gasteiger partial charge in [0.1, 0.15) is 0 Å². The van der Waals surface area contributed by atoms with Gasteiger partial charge >= 0.3 is 0 Å². The van der Waals surface area contributed by atoms with Crippen molar-refractivity contribution < 1.29 is 4.79 Å². The van der Waals surface area contributed by atoms with Crippen LogP contribution in [0.5, 0.6) is 0 Å². The van der Waals surface area contributed by atoms with Crippen LogP contribution < -0.4 is 10.6 Å². The van der Waals surface area contributed by atoms with Gasteiger partial charge < -0.3 is 10.6 Å². The first-order valence-corrected chi connectivity index (χ1v) is 4.43. The van der Waals surface area contributed by atoms with Crippen LogP contribution in [0.1, 0.15) is 15.9 Å². The molecule has 1 aromatic rings. The Bertz CT molecular complexity index is 345. The van der Waals surface area contributed by atoms with E-state index in [1.165, 1.54) is 0 Å². The first-order chi connectivity index (χ1) is 6.56. The van der Waals surface area contributed by atoms with Crippen LogP contribution in [0.4, 0.5) is 5.69 Å². The lowest BCUT2D eigenvalue weighted by Gasteiger charge is -2.17. The number of carbonyl (C=O) groups is 1. The Balaban J connectivity index is 3.18. The minimum atomic E-state index is -0.176. The first-order valence-electron chi connectivity index (χ1n) is 4.43. The van der Waals surface area contributed by atoms with E-state index in [2.05, 4.69) is 6.92 Å². The van der Waals surface area contributed by atoms with Crippen LogP contribution >= 0.6 is 0 Å². The van der Waals surface area contributed by atoms with Crippen LogP contribution in [0, 0.1) is 6.92 Å². The van der Waals surface area contributed by atoms with Gasteiger partial charge in [-0.1, -0.05) is 0 Å². The second kappa shape index (κ2) is 4.24. The standard InChI is InChI=1S/C11H15N2O/c1-8(14)9-4-5-11(13(2)3)10(6-9)7-12/h4-6H,1,7,12H2,2-3H3. The zero-order valence-corrected chi connectivity index (χ0v) is 8.58. The van der Waals surface area contributed by atoms with Crippen molar-refractivity contribution in [3.63, 3.8) is 0 Å². The van der Waals surface area contributed by atoms with Crippen molar-refractivity contribution >= 4 is 11.5 Å². The van der Waals surface area contributed by atoms with Crippen molar-refractivity contribution in [2.24, 2.45) is 5.73 Å². The summed E-state index contributed by atoms with van der Waals surface area (Å²) in [4.78, 5) is 13.0. The maximum absolute atomic E-state index is 11.0. The van der Waals surface area contributed by atoms with E-state index >= 15 is 0 Å². The normalized spacial score (nSPS) is 10.0. The second-order valence-corrected chi connectivity index (χ2v) is 3.37. The molecule has 0 unspecified atom stereocenters. The predicted octanol–water partition coefficient (Wildman–Crippen LogP) is 1.23. The molecule has 1 radical (unpaired) electrons. The van der Waals surface area contributed by atoms with Crippen molar-refractivity contribution in [2.75, 3.05) is 19.0 Å². The monoisotopic (exact) mass is 191 g/mol. The minimum absolute atomic E-state index is 0.176. The number of nitrogens with two attached hydrogens (primary N) is 1. The van der Waals surface area contributed by atoms with Gasteiger partial charge in [-0.25, -0.2) is 0 Å². The predicted molar refractivity (Wildman–Crippen MR) is 58.3 cm³/mol. The second-order valence-electron chi connectivity index (χ2n) is 3.37. The number of ketones is 1. The van der Waals surface area contributed by atoms with Crippen LogP contribution in [-0.2, 0) is 6.54 Å². The molecule has 0 aliphatic carbocycles. The number of hydrogen-bond donors (Lipinski definition) is 1. The van der Waals surface area contributed by atoms with Crippen molar-refractivity contribution in [1.82, 2.24) is 0 Å². The molecule has 1 aromatic carbocycles. The summed E-state index contributed by atoms with van der Waals surface area (Å²) in [5.41, 5.74) is 8.21. The Morgan fingerprint density at radius 2 is 2.14 bits per heavy atom. The zero-order valence-electron chi connectivity index (χ0n) is 8.58. The summed E-state index contributed by atoms with van der Waals surface area (Å²) in [5.74, 6) is -0.176. The number of nitrogens with zero attached hydrogens (tertiary/aromatic N) is 1. The molecule has 3 nitrogen and oxygen atoms in total. The zero-order chi connectivity index (χ0) is 10.7. The lowest BCUT2D eigenvalue weighted by molar-refractivity contribution is 0.104. The third-order valence-corrected chi connectivity index (χ3v) is 2.10. The van der Waals surface area contributed by atoms with E-state index in [1.54, 1.807) is 12.1 Å². The van der Waals surface area contributed by atoms with Crippen LogP contribution in [0.3, 0.4) is 0 Å². The van der Waals surface area contributed by atoms with Crippen molar-refractivity contribution in [2.45, 2.75) is 6.54 Å². The van der Waals surface area contributed by atoms with Crippen LogP contribution in [0.2, 0.25) is 0 Å². The molecule has 0 aromatic heterocycles. The van der Waals surface area contributed by atoms with Gasteiger partial charge in [0.15, 0.2) is 5.78 Å². The molecule has 0 saturated heterocycles. The van der Waals surface area contributed by atoms with Crippen LogP contribution in [-0.4, -0.2) is 19.9 Å². The van der Waals surface area contributed by atoms with E-state index in [0.29, 0.717) is 12.1 Å². The summed E-state index contributed by atoms with van der Waals surface area (Å²) >= 11 is 0. The van der Waals surface area contributed by atoms with Gasteiger partial charge in [-0.15, -0.1) is 0 Å². The van der Waals surface area contributed by atoms with E-state index in [1.807, 2.05) is 25.1 Å². The van der Waals surface area contributed by atoms with Crippen molar-refractivity contribution in [3.8, 4) is 0 Å². The maximum atomic E-state index is 11.0. The molecule has 1 rings (SSSR count). The Labute approximate surface area is 84.5 Å². The van der Waals surface area contributed by atoms with Gasteiger partial charge in [-0.3, -0.25) is 4.79 Å². The summed E-state index contributed by atoms with van der Waals surface area (Å²) < 4.78 is 0. The van der Waals surface area contributed by atoms with Gasteiger partial charge in [0.05, 0.1) is 0 Å². The molecule has 0 fully saturated rings. The number of rotatable bonds is 3. The highest BCUT2D eigenvalue weighted by atomic mass is 16.1. The average Bonchev–Trinajstić information content (AvgIpc) is 2.16. The quantitative estimate of drug-likeness (QED) is 0.731. The van der Waals surface area contributed by atoms with Crippen molar-refractivity contribution in [3.05, 3.63) is 36.2 Å². The van der Waals surface area contributed by atoms with Gasteiger partial charge in [-0.05, 0) is 23.8 Å². The number of carbonyl (C=O) groups excluding carboxylic acids is 1. The van der Waals surface area contributed by atoms with Gasteiger partial charge in [-0.2, -0.15) is 0 Å². The Kier molecular flexibility index (Phi) is 3.25. The molecule has 2 N–H and O–H groups in total. The van der Waals surface area contributed by atoms with E-state index < -0.39 is 0 Å². The lowest BCUT2D eigenvalue weighted by Crippen LogP contribution is -2.13. The Morgan fingerprint density at radius 3 is 2.57 bits per heavy atom. The summed E-state index contributed by atoms with van der Waals surface area (Å²) in [6.45, 7) is 3.79. The number of anilines is 1. The number of hydrogen-bond acceptors (Lipinski definition) is 3. The molecule has 75 valence electrons. The summed E-state index contributed by atoms with van der Waals surface area (Å²) in [7, 11) is 3.89. The first kappa shape index (κ1) is 10.7. The minimum Gasteiger partial charge on any atom is -0.377 e. The highest BCUT2D eigenvalue weighted by Gasteiger charge is 2.06. The smallest absolute Gasteiger partial charge is 0.163 e. The molecular weight excluding hydrogens is 176 g/mol. The SMILES string of the molecule is [CH2]C(=O)c1ccc(N(C)C)c(CN)c1. The molecule has 0 spiro atoms. The molecule has 14 heavy (non-hydrogen) atoms. The third-order valence-electron chi connectivity index (χ3n) is 2.10. The fraction of sp³-hybridized carbons (Fsp3) is 0.273. The van der Waals surface area contributed by atoms with Gasteiger partial charge in [0.2, 0.25) is 0 Å². The fourth-order valence-corrected chi connectivity index (χ4v) is 1.36. The molecule has 0 saturated carbocycles. The van der Waals surface area contributed by atoms with Gasteiger partial charge in [0.25, 0.3) is 0 Å². The summed E-state index contributed by atoms with van der Waals surface area (Å²) in [5, 5.41) is 0. The Hall–Kier alpha value is -1.35. The van der Waals surface area contributed by atoms with E-state index in [9.17, 15) is 4.79 Å². The molecule has 0 atom stereocenters. The summed E-state index contributed by atoms with van der Waals surface area (Å²) in [6.07, 6.45) is 0. The molecule has 0 bridgehead atoms. The summed E-state index contributed by atoms with van der Waals surface area (Å²) in [6, 6.07) is 5.45. The molecule has 0 amide bonds. The maximum Gasteiger partial charge on any atom is 0.163 e. The topological polar surface area (TPSA) is 46.3 Å². The van der Waals surface area contributed by atoms with E-state index in [0.717, 1.165) is 11.3 Å². The lowest BCUT2D eigenvalue weighted by atomic mass is 10.1. The molecule has 0 aliphatic rings. The Morgan fingerprint density at radius 1 is 1.50 bits per heavy atom. The largest absolute Gasteiger partial charge is 0.377 e. The highest BCUT2D eigenvalue weighted by Crippen LogP contribution is 2.19. The van der Waals surface area contributed by atoms with Crippen molar-refractivity contribution in [1.29, 1.82) is 0 Å². The third kappa shape index (κ3) is 2.12. The molecule has 0 heterocycles. The molecular formula is C11H15N2O. The van der Waals surface area contributed by atoms with Gasteiger partial charge in [0, 0.05) is 38.8 Å². The van der Waals surface area contributed by atoms with E-state index in [-0.39, 0.29) is 5.78 Å². The van der Waals surface area contributed by atoms with Crippen LogP contribution in [0.15, 0.2) is 18.2 Å². The number of benzene rings is 1. The molecule has 0 aliphatic heterocycles. The van der Waals surface area contributed by atoms with Crippen LogP contribution in [0.25, 0.3) is 0 Å². The molecule has 3 heteroatoms. The average molecular weight is 191 g/mol. The highest BCUT2D eigenvalue weighted by molar-refractivity contribution is 5.99. The number of Topliss-reactive ketones (excluding diaryl/α,β-unsaturated/α-hetero) is 1. The fourth-order valence-electron chi connectivity index (χ4n) is 1.36. The van der Waals surface area contributed by atoms with E-state index in [4.69, 9.17) is 5.73 Å².